The summed E-state index contributed by atoms with van der Waals surface area (Å²) in [7, 11) is -2.94. The summed E-state index contributed by atoms with van der Waals surface area (Å²) in [6, 6.07) is 12.8. The van der Waals surface area contributed by atoms with Gasteiger partial charge in [-0.15, -0.1) is 0 Å². The van der Waals surface area contributed by atoms with Crippen LogP contribution in [0.4, 0.5) is 0 Å². The molecule has 0 atom stereocenters. The van der Waals surface area contributed by atoms with Gasteiger partial charge in [0, 0.05) is 27.7 Å². The topological polar surface area (TPSA) is 74.8 Å². The Morgan fingerprint density at radius 3 is 1.72 bits per heavy atom. The highest BCUT2D eigenvalue weighted by Gasteiger charge is 2.23. The first-order valence-corrected chi connectivity index (χ1v) is 10.5. The van der Waals surface area contributed by atoms with Crippen LogP contribution < -0.4 is 0 Å². The molecule has 0 saturated heterocycles. The zero-order valence-corrected chi connectivity index (χ0v) is 16.3. The summed E-state index contributed by atoms with van der Waals surface area (Å²) < 4.78 is 51.9. The lowest BCUT2D eigenvalue weighted by atomic mass is 10.1. The van der Waals surface area contributed by atoms with Gasteiger partial charge < -0.3 is 0 Å². The number of benzene rings is 2. The molecule has 0 amide bonds. The molecule has 0 bridgehead atoms. The molecule has 8 heteroatoms. The second kappa shape index (κ2) is 7.25. The monoisotopic (exact) mass is 382 g/mol. The molecule has 0 aliphatic carbocycles. The van der Waals surface area contributed by atoms with Crippen LogP contribution in [0.1, 0.15) is 11.1 Å². The third-order valence-corrected chi connectivity index (χ3v) is 7.61. The molecule has 0 aliphatic rings. The first-order chi connectivity index (χ1) is 11.6. The lowest BCUT2D eigenvalue weighted by Gasteiger charge is -2.19. The highest BCUT2D eigenvalue weighted by Crippen LogP contribution is 2.21. The number of aryl methyl sites for hydroxylation is 1. The van der Waals surface area contributed by atoms with Crippen molar-refractivity contribution in [2.75, 3.05) is 21.1 Å². The normalized spacial score (nSPS) is 12.7. The van der Waals surface area contributed by atoms with Crippen molar-refractivity contribution >= 4 is 20.0 Å². The van der Waals surface area contributed by atoms with Crippen LogP contribution in [0.5, 0.6) is 0 Å². The molecule has 136 valence electrons. The molecule has 2 aromatic carbocycles. The molecular formula is C17H22N2O4S2. The Bertz CT molecular complexity index is 950. The second-order valence-electron chi connectivity index (χ2n) is 5.95. The van der Waals surface area contributed by atoms with Crippen molar-refractivity contribution < 1.29 is 16.8 Å². The molecule has 6 nitrogen and oxygen atoms in total. The van der Waals surface area contributed by atoms with E-state index >= 15 is 0 Å². The van der Waals surface area contributed by atoms with Crippen LogP contribution in [0, 0.1) is 6.92 Å². The SMILES string of the molecule is Cc1ccccc1CN(C)S(=O)(=O)c1ccc(S(=O)(=O)N(C)C)cc1. The van der Waals surface area contributed by atoms with E-state index in [0.29, 0.717) is 0 Å². The summed E-state index contributed by atoms with van der Waals surface area (Å²) in [6.45, 7) is 2.17. The van der Waals surface area contributed by atoms with Gasteiger partial charge in [-0.25, -0.2) is 21.1 Å². The predicted octanol–water partition coefficient (Wildman–Crippen LogP) is 2.07. The zero-order valence-electron chi connectivity index (χ0n) is 14.7. The first-order valence-electron chi connectivity index (χ1n) is 7.60. The van der Waals surface area contributed by atoms with Gasteiger partial charge in [0.1, 0.15) is 0 Å². The van der Waals surface area contributed by atoms with E-state index in [9.17, 15) is 16.8 Å². The Kier molecular flexibility index (Phi) is 5.68. The van der Waals surface area contributed by atoms with Crippen LogP contribution in [0.15, 0.2) is 58.3 Å². The predicted molar refractivity (Wildman–Crippen MR) is 97.1 cm³/mol. The van der Waals surface area contributed by atoms with Gasteiger partial charge in [0.25, 0.3) is 0 Å². The Balaban J connectivity index is 2.29. The Morgan fingerprint density at radius 1 is 0.760 bits per heavy atom. The minimum absolute atomic E-state index is 0.0537. The van der Waals surface area contributed by atoms with Crippen LogP contribution in [-0.4, -0.2) is 46.6 Å². The van der Waals surface area contributed by atoms with Gasteiger partial charge in [-0.1, -0.05) is 24.3 Å². The van der Waals surface area contributed by atoms with E-state index in [-0.39, 0.29) is 16.3 Å². The second-order valence-corrected chi connectivity index (χ2v) is 10.1. The maximum Gasteiger partial charge on any atom is 0.243 e. The van der Waals surface area contributed by atoms with Crippen LogP contribution in [0.3, 0.4) is 0 Å². The van der Waals surface area contributed by atoms with Crippen LogP contribution in [0.2, 0.25) is 0 Å². The quantitative estimate of drug-likeness (QED) is 0.766. The summed E-state index contributed by atoms with van der Waals surface area (Å²) in [5.74, 6) is 0. The van der Waals surface area contributed by atoms with Crippen molar-refractivity contribution in [1.82, 2.24) is 8.61 Å². The number of sulfonamides is 2. The standard InChI is InChI=1S/C17H22N2O4S2/c1-14-7-5-6-8-15(14)13-19(4)25(22,23)17-11-9-16(10-12-17)24(20,21)18(2)3/h5-12H,13H2,1-4H3. The van der Waals surface area contributed by atoms with Gasteiger partial charge in [0.15, 0.2) is 0 Å². The Morgan fingerprint density at radius 2 is 1.24 bits per heavy atom. The van der Waals surface area contributed by atoms with Crippen molar-refractivity contribution in [2.45, 2.75) is 23.3 Å². The maximum atomic E-state index is 12.7. The fraction of sp³-hybridized carbons (Fsp3) is 0.294. The number of nitrogens with zero attached hydrogens (tertiary/aromatic N) is 2. The molecule has 0 fully saturated rings. The average molecular weight is 383 g/mol. The van der Waals surface area contributed by atoms with Gasteiger partial charge in [0.2, 0.25) is 20.0 Å². The van der Waals surface area contributed by atoms with E-state index in [1.54, 1.807) is 0 Å². The van der Waals surface area contributed by atoms with Gasteiger partial charge in [0.05, 0.1) is 9.79 Å². The van der Waals surface area contributed by atoms with Gasteiger partial charge in [-0.05, 0) is 42.3 Å². The van der Waals surface area contributed by atoms with E-state index in [2.05, 4.69) is 0 Å². The number of rotatable bonds is 6. The third kappa shape index (κ3) is 4.09. The fourth-order valence-corrected chi connectivity index (χ4v) is 4.34. The summed E-state index contributed by atoms with van der Waals surface area (Å²) in [4.78, 5) is 0.110. The van der Waals surface area contributed by atoms with Crippen LogP contribution in [0.25, 0.3) is 0 Å². The molecule has 0 spiro atoms. The molecule has 0 saturated carbocycles. The smallest absolute Gasteiger partial charge is 0.207 e. The van der Waals surface area contributed by atoms with E-state index < -0.39 is 20.0 Å². The highest BCUT2D eigenvalue weighted by molar-refractivity contribution is 7.89. The van der Waals surface area contributed by atoms with Crippen molar-refractivity contribution in [3.63, 3.8) is 0 Å². The summed E-state index contributed by atoms with van der Waals surface area (Å²) in [6.07, 6.45) is 0. The third-order valence-electron chi connectivity index (χ3n) is 3.96. The molecule has 0 aromatic heterocycles. The Labute approximate surface area is 149 Å². The van der Waals surface area contributed by atoms with E-state index in [1.165, 1.54) is 49.7 Å². The molecule has 25 heavy (non-hydrogen) atoms. The minimum atomic E-state index is -3.71. The molecule has 0 unspecified atom stereocenters. The van der Waals surface area contributed by atoms with Gasteiger partial charge in [-0.3, -0.25) is 0 Å². The summed E-state index contributed by atoms with van der Waals surface area (Å²) in [5, 5.41) is 0. The highest BCUT2D eigenvalue weighted by atomic mass is 32.2. The first kappa shape index (κ1) is 19.6. The molecule has 2 aromatic rings. The largest absolute Gasteiger partial charge is 0.243 e. The van der Waals surface area contributed by atoms with E-state index in [4.69, 9.17) is 0 Å². The lowest BCUT2D eigenvalue weighted by molar-refractivity contribution is 0.466. The molecule has 2 rings (SSSR count). The Hall–Kier alpha value is -1.74. The number of hydrogen-bond donors (Lipinski definition) is 0. The van der Waals surface area contributed by atoms with Crippen LogP contribution in [-0.2, 0) is 26.6 Å². The minimum Gasteiger partial charge on any atom is -0.207 e. The van der Waals surface area contributed by atoms with Crippen molar-refractivity contribution in [2.24, 2.45) is 0 Å². The number of hydrogen-bond acceptors (Lipinski definition) is 4. The van der Waals surface area contributed by atoms with Crippen molar-refractivity contribution in [3.8, 4) is 0 Å². The van der Waals surface area contributed by atoms with Gasteiger partial charge >= 0.3 is 0 Å². The molecular weight excluding hydrogens is 360 g/mol. The molecule has 0 aliphatic heterocycles. The molecule has 0 heterocycles. The van der Waals surface area contributed by atoms with E-state index in [1.807, 2.05) is 31.2 Å². The summed E-state index contributed by atoms with van der Waals surface area (Å²) in [5.41, 5.74) is 1.93. The fourth-order valence-electron chi connectivity index (χ4n) is 2.29. The van der Waals surface area contributed by atoms with Gasteiger partial charge in [-0.2, -0.15) is 4.31 Å². The van der Waals surface area contributed by atoms with Crippen molar-refractivity contribution in [3.05, 3.63) is 59.7 Å². The summed E-state index contributed by atoms with van der Waals surface area (Å²) >= 11 is 0. The zero-order chi connectivity index (χ0) is 18.8. The maximum absolute atomic E-state index is 12.7. The van der Waals surface area contributed by atoms with Crippen LogP contribution >= 0.6 is 0 Å². The van der Waals surface area contributed by atoms with Crippen molar-refractivity contribution in [1.29, 1.82) is 0 Å². The lowest BCUT2D eigenvalue weighted by Crippen LogP contribution is -2.27. The molecule has 0 radical (unpaired) electrons. The average Bonchev–Trinajstić information content (AvgIpc) is 2.56. The van der Waals surface area contributed by atoms with E-state index in [0.717, 1.165) is 15.4 Å². The molecule has 0 N–H and O–H groups in total.